The zero-order chi connectivity index (χ0) is 18.5. The van der Waals surface area contributed by atoms with Gasteiger partial charge in [0, 0.05) is 44.3 Å². The van der Waals surface area contributed by atoms with Crippen molar-refractivity contribution in [3.05, 3.63) is 70.6 Å². The SMILES string of the molecule is Cc1cnccc1CN(C)C(=O)c1cc(COc2cncc(Cl)c2)on1. The van der Waals surface area contributed by atoms with Gasteiger partial charge in [0.25, 0.3) is 5.91 Å². The molecule has 0 N–H and O–H groups in total. The minimum absolute atomic E-state index is 0.121. The second-order valence-electron chi connectivity index (χ2n) is 5.77. The Morgan fingerprint density at radius 3 is 2.88 bits per heavy atom. The van der Waals surface area contributed by atoms with Gasteiger partial charge in [-0.15, -0.1) is 0 Å². The van der Waals surface area contributed by atoms with Crippen molar-refractivity contribution in [2.24, 2.45) is 0 Å². The summed E-state index contributed by atoms with van der Waals surface area (Å²) in [6, 6.07) is 5.10. The van der Waals surface area contributed by atoms with Gasteiger partial charge in [0.1, 0.15) is 12.4 Å². The first-order valence-corrected chi connectivity index (χ1v) is 8.24. The quantitative estimate of drug-likeness (QED) is 0.660. The summed E-state index contributed by atoms with van der Waals surface area (Å²) in [5, 5.41) is 4.31. The van der Waals surface area contributed by atoms with E-state index in [4.69, 9.17) is 20.9 Å². The van der Waals surface area contributed by atoms with E-state index in [1.165, 1.54) is 6.20 Å². The number of aryl methyl sites for hydroxylation is 1. The minimum atomic E-state index is -0.236. The summed E-state index contributed by atoms with van der Waals surface area (Å²) in [6.07, 6.45) is 6.53. The van der Waals surface area contributed by atoms with E-state index >= 15 is 0 Å². The van der Waals surface area contributed by atoms with Crippen LogP contribution in [0.3, 0.4) is 0 Å². The van der Waals surface area contributed by atoms with Crippen molar-refractivity contribution in [2.75, 3.05) is 7.05 Å². The molecule has 8 heteroatoms. The van der Waals surface area contributed by atoms with Crippen LogP contribution in [-0.4, -0.2) is 33.0 Å². The summed E-state index contributed by atoms with van der Waals surface area (Å²) in [4.78, 5) is 22.1. The van der Waals surface area contributed by atoms with Crippen LogP contribution >= 0.6 is 11.6 Å². The fraction of sp³-hybridized carbons (Fsp3) is 0.222. The molecule has 0 aliphatic heterocycles. The average molecular weight is 373 g/mol. The second kappa shape index (κ2) is 7.97. The van der Waals surface area contributed by atoms with Crippen LogP contribution in [0.4, 0.5) is 0 Å². The Balaban J connectivity index is 1.61. The number of hydrogen-bond donors (Lipinski definition) is 0. The molecule has 0 bridgehead atoms. The minimum Gasteiger partial charge on any atom is -0.484 e. The van der Waals surface area contributed by atoms with Gasteiger partial charge in [-0.3, -0.25) is 14.8 Å². The number of aromatic nitrogens is 3. The lowest BCUT2D eigenvalue weighted by atomic mass is 10.1. The van der Waals surface area contributed by atoms with E-state index in [0.29, 0.717) is 23.1 Å². The highest BCUT2D eigenvalue weighted by Gasteiger charge is 2.18. The molecule has 7 nitrogen and oxygen atoms in total. The first-order chi connectivity index (χ1) is 12.5. The standard InChI is InChI=1S/C18H17ClN4O3/c1-12-7-20-4-3-13(12)10-23(2)18(24)17-6-16(26-22-17)11-25-15-5-14(19)8-21-9-15/h3-9H,10-11H2,1-2H3. The Kier molecular flexibility index (Phi) is 5.48. The molecule has 3 rings (SSSR count). The lowest BCUT2D eigenvalue weighted by Gasteiger charge is -2.16. The summed E-state index contributed by atoms with van der Waals surface area (Å²) in [5.41, 5.74) is 2.27. The molecule has 26 heavy (non-hydrogen) atoms. The fourth-order valence-electron chi connectivity index (χ4n) is 2.31. The summed E-state index contributed by atoms with van der Waals surface area (Å²) in [7, 11) is 1.71. The molecule has 0 aliphatic rings. The molecule has 0 aromatic carbocycles. The van der Waals surface area contributed by atoms with E-state index in [0.717, 1.165) is 11.1 Å². The van der Waals surface area contributed by atoms with Crippen molar-refractivity contribution in [1.82, 2.24) is 20.0 Å². The van der Waals surface area contributed by atoms with E-state index in [2.05, 4.69) is 15.1 Å². The summed E-state index contributed by atoms with van der Waals surface area (Å²) < 4.78 is 10.7. The number of nitrogens with zero attached hydrogens (tertiary/aromatic N) is 4. The zero-order valence-electron chi connectivity index (χ0n) is 14.3. The smallest absolute Gasteiger partial charge is 0.276 e. The number of pyridine rings is 2. The topological polar surface area (TPSA) is 81.4 Å². The lowest BCUT2D eigenvalue weighted by Crippen LogP contribution is -2.26. The Bertz CT molecular complexity index is 913. The largest absolute Gasteiger partial charge is 0.484 e. The predicted octanol–water partition coefficient (Wildman–Crippen LogP) is 3.28. The van der Waals surface area contributed by atoms with Crippen LogP contribution in [0.15, 0.2) is 47.5 Å². The third-order valence-electron chi connectivity index (χ3n) is 3.73. The van der Waals surface area contributed by atoms with Crippen LogP contribution < -0.4 is 4.74 Å². The number of hydrogen-bond acceptors (Lipinski definition) is 6. The fourth-order valence-corrected chi connectivity index (χ4v) is 2.47. The van der Waals surface area contributed by atoms with Crippen LogP contribution in [0.1, 0.15) is 27.4 Å². The van der Waals surface area contributed by atoms with Crippen LogP contribution in [0.5, 0.6) is 5.75 Å². The molecule has 0 atom stereocenters. The Morgan fingerprint density at radius 1 is 1.27 bits per heavy atom. The Labute approximate surface area is 155 Å². The second-order valence-corrected chi connectivity index (χ2v) is 6.21. The normalized spacial score (nSPS) is 10.6. The van der Waals surface area contributed by atoms with E-state index in [1.807, 2.05) is 13.0 Å². The number of halogens is 1. The first kappa shape index (κ1) is 17.9. The molecule has 3 heterocycles. The molecule has 0 aliphatic carbocycles. The number of ether oxygens (including phenoxy) is 1. The molecule has 0 radical (unpaired) electrons. The first-order valence-electron chi connectivity index (χ1n) is 7.87. The van der Waals surface area contributed by atoms with Crippen molar-refractivity contribution >= 4 is 17.5 Å². The van der Waals surface area contributed by atoms with Gasteiger partial charge in [-0.05, 0) is 24.1 Å². The maximum absolute atomic E-state index is 12.5. The third kappa shape index (κ3) is 4.37. The van der Waals surface area contributed by atoms with Gasteiger partial charge in [0.05, 0.1) is 11.2 Å². The van der Waals surface area contributed by atoms with Crippen molar-refractivity contribution < 1.29 is 14.1 Å². The van der Waals surface area contributed by atoms with E-state index in [1.54, 1.807) is 42.7 Å². The lowest BCUT2D eigenvalue weighted by molar-refractivity contribution is 0.0774. The van der Waals surface area contributed by atoms with Gasteiger partial charge in [-0.25, -0.2) is 0 Å². The molecule has 134 valence electrons. The summed E-state index contributed by atoms with van der Waals surface area (Å²) >= 11 is 5.85. The molecule has 3 aromatic heterocycles. The van der Waals surface area contributed by atoms with E-state index < -0.39 is 0 Å². The highest BCUT2D eigenvalue weighted by molar-refractivity contribution is 6.30. The number of carbonyl (C=O) groups excluding carboxylic acids is 1. The molecule has 0 fully saturated rings. The van der Waals surface area contributed by atoms with Crippen LogP contribution in [0.2, 0.25) is 5.02 Å². The van der Waals surface area contributed by atoms with Crippen molar-refractivity contribution in [3.63, 3.8) is 0 Å². The van der Waals surface area contributed by atoms with Crippen molar-refractivity contribution in [2.45, 2.75) is 20.1 Å². The van der Waals surface area contributed by atoms with E-state index in [9.17, 15) is 4.79 Å². The molecule has 1 amide bonds. The molecule has 3 aromatic rings. The Morgan fingerprint density at radius 2 is 2.12 bits per heavy atom. The van der Waals surface area contributed by atoms with Gasteiger partial charge in [0.15, 0.2) is 11.5 Å². The number of carbonyl (C=O) groups is 1. The monoisotopic (exact) mass is 372 g/mol. The summed E-state index contributed by atoms with van der Waals surface area (Å²) in [5.74, 6) is 0.703. The van der Waals surface area contributed by atoms with Crippen LogP contribution in [-0.2, 0) is 13.2 Å². The van der Waals surface area contributed by atoms with Crippen molar-refractivity contribution in [1.29, 1.82) is 0 Å². The van der Waals surface area contributed by atoms with Crippen molar-refractivity contribution in [3.8, 4) is 5.75 Å². The van der Waals surface area contributed by atoms with Gasteiger partial charge in [-0.1, -0.05) is 16.8 Å². The highest BCUT2D eigenvalue weighted by atomic mass is 35.5. The van der Waals surface area contributed by atoms with Gasteiger partial charge >= 0.3 is 0 Å². The highest BCUT2D eigenvalue weighted by Crippen LogP contribution is 2.17. The van der Waals surface area contributed by atoms with Gasteiger partial charge in [-0.2, -0.15) is 0 Å². The van der Waals surface area contributed by atoms with E-state index in [-0.39, 0.29) is 18.2 Å². The molecule has 0 saturated heterocycles. The molecular weight excluding hydrogens is 356 g/mol. The predicted molar refractivity (Wildman–Crippen MR) is 94.9 cm³/mol. The Hall–Kier alpha value is -2.93. The summed E-state index contributed by atoms with van der Waals surface area (Å²) in [6.45, 7) is 2.53. The molecular formula is C18H17ClN4O3. The zero-order valence-corrected chi connectivity index (χ0v) is 15.1. The van der Waals surface area contributed by atoms with Gasteiger partial charge in [0.2, 0.25) is 0 Å². The molecule has 0 saturated carbocycles. The van der Waals surface area contributed by atoms with Crippen LogP contribution in [0.25, 0.3) is 0 Å². The van der Waals surface area contributed by atoms with Crippen LogP contribution in [0, 0.1) is 6.92 Å². The maximum Gasteiger partial charge on any atom is 0.276 e. The number of rotatable bonds is 6. The average Bonchev–Trinajstić information content (AvgIpc) is 3.10. The van der Waals surface area contributed by atoms with Gasteiger partial charge < -0.3 is 14.2 Å². The molecule has 0 unspecified atom stereocenters. The maximum atomic E-state index is 12.5. The molecule has 0 spiro atoms. The number of amides is 1. The third-order valence-corrected chi connectivity index (χ3v) is 3.94.